The van der Waals surface area contributed by atoms with Crippen molar-refractivity contribution in [3.63, 3.8) is 0 Å². The van der Waals surface area contributed by atoms with Gasteiger partial charge in [0.2, 0.25) is 5.91 Å². The van der Waals surface area contributed by atoms with E-state index >= 15 is 0 Å². The number of amides is 1. The van der Waals surface area contributed by atoms with E-state index in [1.165, 1.54) is 16.3 Å². The molecule has 3 rings (SSSR count). The van der Waals surface area contributed by atoms with Crippen LogP contribution in [0.1, 0.15) is 18.4 Å². The number of anilines is 1. The van der Waals surface area contributed by atoms with Gasteiger partial charge in [-0.05, 0) is 30.9 Å². The van der Waals surface area contributed by atoms with Crippen molar-refractivity contribution >= 4 is 11.7 Å². The summed E-state index contributed by atoms with van der Waals surface area (Å²) in [5, 5.41) is 7.34. The fourth-order valence-electron chi connectivity index (χ4n) is 3.18. The van der Waals surface area contributed by atoms with Crippen LogP contribution in [0.4, 0.5) is 5.82 Å². The second-order valence-electron chi connectivity index (χ2n) is 6.47. The Bertz CT molecular complexity index is 772. The summed E-state index contributed by atoms with van der Waals surface area (Å²) < 4.78 is 1.33. The molecule has 0 spiro atoms. The van der Waals surface area contributed by atoms with Crippen LogP contribution in [0.2, 0.25) is 0 Å². The molecule has 25 heavy (non-hydrogen) atoms. The third kappa shape index (κ3) is 4.47. The lowest BCUT2D eigenvalue weighted by Crippen LogP contribution is -2.44. The maximum absolute atomic E-state index is 12.5. The van der Waals surface area contributed by atoms with Crippen LogP contribution in [0.5, 0.6) is 0 Å². The van der Waals surface area contributed by atoms with Gasteiger partial charge < -0.3 is 10.2 Å². The number of nitrogens with one attached hydrogen (secondary N) is 1. The molecular formula is C19H24N4O2. The van der Waals surface area contributed by atoms with E-state index < -0.39 is 0 Å². The maximum Gasteiger partial charge on any atom is 0.266 e. The quantitative estimate of drug-likeness (QED) is 0.892. The number of piperidine rings is 1. The molecule has 6 heteroatoms. The van der Waals surface area contributed by atoms with Crippen LogP contribution in [-0.2, 0) is 18.3 Å². The zero-order valence-corrected chi connectivity index (χ0v) is 14.5. The van der Waals surface area contributed by atoms with Crippen molar-refractivity contribution < 1.29 is 4.79 Å². The van der Waals surface area contributed by atoms with E-state index in [1.54, 1.807) is 13.1 Å². The predicted octanol–water partition coefficient (Wildman–Crippen LogP) is 1.36. The molecule has 1 aromatic carbocycles. The van der Waals surface area contributed by atoms with E-state index in [9.17, 15) is 9.59 Å². The van der Waals surface area contributed by atoms with Gasteiger partial charge in [-0.25, -0.2) is 4.68 Å². The molecule has 0 unspecified atom stereocenters. The average molecular weight is 340 g/mol. The van der Waals surface area contributed by atoms with Crippen molar-refractivity contribution in [1.29, 1.82) is 0 Å². The van der Waals surface area contributed by atoms with E-state index in [-0.39, 0.29) is 17.4 Å². The van der Waals surface area contributed by atoms with Crippen LogP contribution in [0.15, 0.2) is 47.3 Å². The summed E-state index contributed by atoms with van der Waals surface area (Å²) in [6.45, 7) is 2.15. The van der Waals surface area contributed by atoms with Gasteiger partial charge in [0.1, 0.15) is 5.82 Å². The highest BCUT2D eigenvalue weighted by Crippen LogP contribution is 2.21. The van der Waals surface area contributed by atoms with Crippen LogP contribution >= 0.6 is 0 Å². The minimum Gasteiger partial charge on any atom is -0.355 e. The second-order valence-corrected chi connectivity index (χ2v) is 6.47. The van der Waals surface area contributed by atoms with Gasteiger partial charge in [-0.15, -0.1) is 0 Å². The van der Waals surface area contributed by atoms with Crippen LogP contribution in [0.3, 0.4) is 0 Å². The highest BCUT2D eigenvalue weighted by molar-refractivity contribution is 5.79. The van der Waals surface area contributed by atoms with Gasteiger partial charge in [-0.1, -0.05) is 30.3 Å². The highest BCUT2D eigenvalue weighted by atomic mass is 16.2. The lowest BCUT2D eigenvalue weighted by molar-refractivity contribution is -0.125. The molecule has 6 nitrogen and oxygen atoms in total. The Morgan fingerprint density at radius 3 is 2.80 bits per heavy atom. The van der Waals surface area contributed by atoms with Crippen molar-refractivity contribution in [2.45, 2.75) is 19.3 Å². The van der Waals surface area contributed by atoms with Gasteiger partial charge in [-0.2, -0.15) is 5.10 Å². The van der Waals surface area contributed by atoms with E-state index in [0.717, 1.165) is 31.6 Å². The summed E-state index contributed by atoms with van der Waals surface area (Å²) in [5.41, 5.74) is 1.10. The molecule has 1 aliphatic rings. The number of nitrogens with zero attached hydrogens (tertiary/aromatic N) is 3. The summed E-state index contributed by atoms with van der Waals surface area (Å²) >= 11 is 0. The molecule has 132 valence electrons. The minimum absolute atomic E-state index is 0.0384. The molecule has 2 heterocycles. The normalized spacial score (nSPS) is 17.3. The molecule has 0 saturated carbocycles. The predicted molar refractivity (Wildman–Crippen MR) is 97.6 cm³/mol. The molecule has 0 radical (unpaired) electrons. The molecule has 2 aromatic rings. The van der Waals surface area contributed by atoms with E-state index in [2.05, 4.69) is 27.4 Å². The summed E-state index contributed by atoms with van der Waals surface area (Å²) in [5.74, 6) is 0.817. The first kappa shape index (κ1) is 17.2. The number of aromatic nitrogens is 2. The van der Waals surface area contributed by atoms with Gasteiger partial charge in [0.05, 0.1) is 5.92 Å². The molecule has 0 aliphatic carbocycles. The lowest BCUT2D eigenvalue weighted by Gasteiger charge is -2.32. The molecule has 1 aromatic heterocycles. The molecule has 1 aliphatic heterocycles. The lowest BCUT2D eigenvalue weighted by atomic mass is 9.97. The summed E-state index contributed by atoms with van der Waals surface area (Å²) in [6, 6.07) is 13.4. The Hall–Kier alpha value is -2.63. The summed E-state index contributed by atoms with van der Waals surface area (Å²) in [7, 11) is 1.64. The molecular weight excluding hydrogens is 316 g/mol. The van der Waals surface area contributed by atoms with Crippen LogP contribution in [0.25, 0.3) is 0 Å². The maximum atomic E-state index is 12.5. The third-order valence-electron chi connectivity index (χ3n) is 4.62. The number of aryl methyl sites for hydroxylation is 1. The third-order valence-corrected chi connectivity index (χ3v) is 4.62. The molecule has 1 fully saturated rings. The van der Waals surface area contributed by atoms with Crippen LogP contribution in [0, 0.1) is 5.92 Å². The molecule has 1 amide bonds. The van der Waals surface area contributed by atoms with E-state index in [1.807, 2.05) is 18.2 Å². The summed E-state index contributed by atoms with van der Waals surface area (Å²) in [6.07, 6.45) is 2.67. The van der Waals surface area contributed by atoms with Gasteiger partial charge in [-0.3, -0.25) is 9.59 Å². The Morgan fingerprint density at radius 2 is 2.04 bits per heavy atom. The average Bonchev–Trinajstić information content (AvgIpc) is 2.65. The van der Waals surface area contributed by atoms with Gasteiger partial charge in [0, 0.05) is 32.7 Å². The zero-order chi connectivity index (χ0) is 17.6. The zero-order valence-electron chi connectivity index (χ0n) is 14.5. The van der Waals surface area contributed by atoms with Crippen molar-refractivity contribution in [2.24, 2.45) is 13.0 Å². The monoisotopic (exact) mass is 340 g/mol. The molecule has 1 saturated heterocycles. The minimum atomic E-state index is -0.129. The topological polar surface area (TPSA) is 67.2 Å². The highest BCUT2D eigenvalue weighted by Gasteiger charge is 2.26. The van der Waals surface area contributed by atoms with Crippen molar-refractivity contribution in [3.8, 4) is 0 Å². The number of hydrogen-bond donors (Lipinski definition) is 1. The van der Waals surface area contributed by atoms with Gasteiger partial charge >= 0.3 is 0 Å². The molecule has 1 atom stereocenters. The van der Waals surface area contributed by atoms with E-state index in [4.69, 9.17) is 0 Å². The number of hydrogen-bond acceptors (Lipinski definition) is 4. The van der Waals surface area contributed by atoms with Crippen molar-refractivity contribution in [2.75, 3.05) is 24.5 Å². The van der Waals surface area contributed by atoms with Crippen molar-refractivity contribution in [3.05, 3.63) is 58.4 Å². The molecule has 0 bridgehead atoms. The summed E-state index contributed by atoms with van der Waals surface area (Å²) in [4.78, 5) is 26.0. The standard InChI is InChI=1S/C19H24N4O2/c1-22-18(24)10-9-17(21-22)23-13-5-8-16(14-23)19(25)20-12-11-15-6-3-2-4-7-15/h2-4,6-7,9-10,16H,5,8,11-14H2,1H3,(H,20,25)/t16-/m0/s1. The number of carbonyl (C=O) groups excluding carboxylic acids is 1. The van der Waals surface area contributed by atoms with Gasteiger partial charge in [0.25, 0.3) is 5.56 Å². The Morgan fingerprint density at radius 1 is 1.24 bits per heavy atom. The first-order valence-corrected chi connectivity index (χ1v) is 8.74. The van der Waals surface area contributed by atoms with Crippen LogP contribution < -0.4 is 15.8 Å². The Kier molecular flexibility index (Phi) is 5.48. The Balaban J connectivity index is 1.54. The number of carbonyl (C=O) groups is 1. The van der Waals surface area contributed by atoms with E-state index in [0.29, 0.717) is 13.1 Å². The smallest absolute Gasteiger partial charge is 0.266 e. The first-order chi connectivity index (χ1) is 12.1. The molecule has 1 N–H and O–H groups in total. The number of benzene rings is 1. The number of rotatable bonds is 5. The SMILES string of the molecule is Cn1nc(N2CCC[C@H](C(=O)NCCc3ccccc3)C2)ccc1=O. The largest absolute Gasteiger partial charge is 0.355 e. The Labute approximate surface area is 147 Å². The fraction of sp³-hybridized carbons (Fsp3) is 0.421. The van der Waals surface area contributed by atoms with Crippen molar-refractivity contribution in [1.82, 2.24) is 15.1 Å². The van der Waals surface area contributed by atoms with Crippen LogP contribution in [-0.4, -0.2) is 35.3 Å². The fourth-order valence-corrected chi connectivity index (χ4v) is 3.18. The second kappa shape index (κ2) is 7.96. The first-order valence-electron chi connectivity index (χ1n) is 8.74. The van der Waals surface area contributed by atoms with Gasteiger partial charge in [0.15, 0.2) is 0 Å².